The van der Waals surface area contributed by atoms with Gasteiger partial charge in [-0.1, -0.05) is 12.1 Å². The molecule has 152 valence electrons. The Hall–Kier alpha value is -2.68. The second-order valence-corrected chi connectivity index (χ2v) is 7.75. The summed E-state index contributed by atoms with van der Waals surface area (Å²) in [6, 6.07) is 11.1. The highest BCUT2D eigenvalue weighted by atomic mass is 32.1. The Morgan fingerprint density at radius 2 is 1.93 bits per heavy atom. The number of ether oxygens (including phenoxy) is 2. The predicted molar refractivity (Wildman–Crippen MR) is 112 cm³/mol. The summed E-state index contributed by atoms with van der Waals surface area (Å²) in [7, 11) is 1.59. The highest BCUT2D eigenvalue weighted by molar-refractivity contribution is 7.11. The van der Waals surface area contributed by atoms with E-state index in [9.17, 15) is 9.59 Å². The molecule has 1 N–H and O–H groups in total. The van der Waals surface area contributed by atoms with E-state index in [1.54, 1.807) is 13.2 Å². The molecule has 0 radical (unpaired) electrons. The van der Waals surface area contributed by atoms with Crippen molar-refractivity contribution in [2.75, 3.05) is 51.8 Å². The number of hydrogen-bond acceptors (Lipinski definition) is 7. The smallest absolute Gasteiger partial charge is 0.278 e. The molecule has 1 aromatic carbocycles. The van der Waals surface area contributed by atoms with Crippen molar-refractivity contribution in [2.24, 2.45) is 0 Å². The quantitative estimate of drug-likeness (QED) is 0.703. The first-order valence-electron chi connectivity index (χ1n) is 9.53. The van der Waals surface area contributed by atoms with E-state index in [1.807, 2.05) is 35.7 Å². The second kappa shape index (κ2) is 8.77. The average Bonchev–Trinajstić information content (AvgIpc) is 3.35. The monoisotopic (exact) mass is 413 g/mol. The summed E-state index contributed by atoms with van der Waals surface area (Å²) in [5, 5.41) is 5.07. The molecule has 2 aliphatic heterocycles. The summed E-state index contributed by atoms with van der Waals surface area (Å²) in [6.07, 6.45) is 0. The van der Waals surface area contributed by atoms with E-state index in [4.69, 9.17) is 9.47 Å². The zero-order valence-corrected chi connectivity index (χ0v) is 17.0. The Morgan fingerprint density at radius 3 is 2.66 bits per heavy atom. The predicted octanol–water partition coefficient (Wildman–Crippen LogP) is 2.28. The van der Waals surface area contributed by atoms with Gasteiger partial charge in [0, 0.05) is 42.8 Å². The second-order valence-electron chi connectivity index (χ2n) is 6.80. The van der Waals surface area contributed by atoms with Crippen LogP contribution in [0.15, 0.2) is 47.5 Å². The van der Waals surface area contributed by atoms with Crippen molar-refractivity contribution in [1.82, 2.24) is 9.80 Å². The summed E-state index contributed by atoms with van der Waals surface area (Å²) in [5.74, 6) is 0.125. The molecule has 2 amide bonds. The van der Waals surface area contributed by atoms with Crippen LogP contribution >= 0.6 is 11.3 Å². The van der Waals surface area contributed by atoms with Gasteiger partial charge in [0.15, 0.2) is 0 Å². The number of imide groups is 1. The van der Waals surface area contributed by atoms with Crippen molar-refractivity contribution in [3.8, 4) is 5.75 Å². The number of hydrogen-bond donors (Lipinski definition) is 1. The average molecular weight is 413 g/mol. The van der Waals surface area contributed by atoms with Crippen LogP contribution < -0.4 is 10.1 Å². The van der Waals surface area contributed by atoms with Crippen LogP contribution in [0.25, 0.3) is 5.57 Å². The zero-order valence-electron chi connectivity index (χ0n) is 16.2. The molecule has 3 heterocycles. The summed E-state index contributed by atoms with van der Waals surface area (Å²) in [4.78, 5) is 30.7. The number of carbonyl (C=O) groups excluding carboxylic acids is 2. The Balaban J connectivity index is 1.58. The van der Waals surface area contributed by atoms with Gasteiger partial charge in [0.25, 0.3) is 11.8 Å². The molecule has 1 aromatic heterocycles. The maximum Gasteiger partial charge on any atom is 0.278 e. The van der Waals surface area contributed by atoms with E-state index in [0.717, 1.165) is 18.0 Å². The van der Waals surface area contributed by atoms with Gasteiger partial charge in [-0.05, 0) is 23.6 Å². The summed E-state index contributed by atoms with van der Waals surface area (Å²) < 4.78 is 10.6. The van der Waals surface area contributed by atoms with E-state index >= 15 is 0 Å². The topological polar surface area (TPSA) is 71.1 Å². The first-order chi connectivity index (χ1) is 14.2. The third-order valence-electron chi connectivity index (χ3n) is 5.02. The first-order valence-corrected chi connectivity index (χ1v) is 10.4. The molecular formula is C21H23N3O4S. The van der Waals surface area contributed by atoms with Gasteiger partial charge < -0.3 is 14.8 Å². The number of rotatable bonds is 7. The number of nitrogens with one attached hydrogen (secondary N) is 1. The third-order valence-corrected chi connectivity index (χ3v) is 5.91. The molecule has 0 bridgehead atoms. The van der Waals surface area contributed by atoms with Crippen molar-refractivity contribution in [3.05, 3.63) is 52.4 Å². The molecule has 8 heteroatoms. The van der Waals surface area contributed by atoms with E-state index < -0.39 is 0 Å². The van der Waals surface area contributed by atoms with Crippen LogP contribution in [0.2, 0.25) is 0 Å². The highest BCUT2D eigenvalue weighted by Crippen LogP contribution is 2.33. The highest BCUT2D eigenvalue weighted by Gasteiger charge is 2.39. The number of nitrogens with zero attached hydrogens (tertiary/aromatic N) is 2. The Kier molecular flexibility index (Phi) is 5.94. The molecule has 7 nitrogen and oxygen atoms in total. The maximum absolute atomic E-state index is 13.2. The number of benzene rings is 1. The first kappa shape index (κ1) is 19.6. The fourth-order valence-corrected chi connectivity index (χ4v) is 4.22. The van der Waals surface area contributed by atoms with Crippen molar-refractivity contribution in [1.29, 1.82) is 0 Å². The third kappa shape index (κ3) is 4.19. The van der Waals surface area contributed by atoms with Crippen LogP contribution in [0.5, 0.6) is 5.75 Å². The number of amides is 2. The largest absolute Gasteiger partial charge is 0.497 e. The van der Waals surface area contributed by atoms with Gasteiger partial charge in [-0.2, -0.15) is 0 Å². The molecular weight excluding hydrogens is 390 g/mol. The number of thiophene rings is 1. The van der Waals surface area contributed by atoms with Gasteiger partial charge in [-0.15, -0.1) is 11.3 Å². The Bertz CT molecular complexity index is 920. The molecule has 4 rings (SSSR count). The lowest BCUT2D eigenvalue weighted by molar-refractivity contribution is -0.137. The maximum atomic E-state index is 13.2. The molecule has 2 aliphatic rings. The van der Waals surface area contributed by atoms with E-state index in [2.05, 4.69) is 10.2 Å². The van der Waals surface area contributed by atoms with Crippen LogP contribution in [-0.2, 0) is 14.3 Å². The minimum absolute atomic E-state index is 0.254. The van der Waals surface area contributed by atoms with Crippen LogP contribution in [-0.4, -0.2) is 68.1 Å². The SMILES string of the molecule is COc1cccc(NC2=C(c3cccs3)C(=O)N(CCN3CCOCC3)C2=O)c1. The van der Waals surface area contributed by atoms with Gasteiger partial charge in [0.1, 0.15) is 11.4 Å². The molecule has 0 saturated carbocycles. The number of carbonyl (C=O) groups is 2. The van der Waals surface area contributed by atoms with Crippen molar-refractivity contribution in [3.63, 3.8) is 0 Å². The lowest BCUT2D eigenvalue weighted by Crippen LogP contribution is -2.43. The number of methoxy groups -OCH3 is 1. The van der Waals surface area contributed by atoms with Gasteiger partial charge in [-0.3, -0.25) is 19.4 Å². The fourth-order valence-electron chi connectivity index (χ4n) is 3.46. The minimum Gasteiger partial charge on any atom is -0.497 e. The van der Waals surface area contributed by atoms with Crippen molar-refractivity contribution >= 4 is 34.4 Å². The zero-order chi connectivity index (χ0) is 20.2. The molecule has 0 aliphatic carbocycles. The molecule has 0 spiro atoms. The summed E-state index contributed by atoms with van der Waals surface area (Å²) >= 11 is 1.45. The molecule has 2 aromatic rings. The van der Waals surface area contributed by atoms with E-state index in [0.29, 0.717) is 49.0 Å². The van der Waals surface area contributed by atoms with Crippen molar-refractivity contribution in [2.45, 2.75) is 0 Å². The molecule has 29 heavy (non-hydrogen) atoms. The number of anilines is 1. The molecule has 1 fully saturated rings. The van der Waals surface area contributed by atoms with Crippen LogP contribution in [0, 0.1) is 0 Å². The van der Waals surface area contributed by atoms with Crippen molar-refractivity contribution < 1.29 is 19.1 Å². The minimum atomic E-state index is -0.297. The van der Waals surface area contributed by atoms with Gasteiger partial charge in [0.2, 0.25) is 0 Å². The summed E-state index contributed by atoms with van der Waals surface area (Å²) in [5.41, 5.74) is 1.44. The lowest BCUT2D eigenvalue weighted by atomic mass is 10.2. The van der Waals surface area contributed by atoms with E-state index in [-0.39, 0.29) is 11.8 Å². The lowest BCUT2D eigenvalue weighted by Gasteiger charge is -2.28. The Morgan fingerprint density at radius 1 is 1.10 bits per heavy atom. The normalized spacial score (nSPS) is 17.9. The summed E-state index contributed by atoms with van der Waals surface area (Å²) in [6.45, 7) is 4.00. The van der Waals surface area contributed by atoms with Gasteiger partial charge >= 0.3 is 0 Å². The van der Waals surface area contributed by atoms with Gasteiger partial charge in [-0.25, -0.2) is 0 Å². The Labute approximate surface area is 173 Å². The van der Waals surface area contributed by atoms with E-state index in [1.165, 1.54) is 16.2 Å². The van der Waals surface area contributed by atoms with Crippen LogP contribution in [0.1, 0.15) is 4.88 Å². The van der Waals surface area contributed by atoms with Crippen LogP contribution in [0.4, 0.5) is 5.69 Å². The standard InChI is InChI=1S/C21H23N3O4S/c1-27-16-5-2-4-15(14-16)22-19-18(17-6-3-13-29-17)20(25)24(21(19)26)8-7-23-9-11-28-12-10-23/h2-6,13-14,22H,7-12H2,1H3. The molecule has 0 unspecified atom stereocenters. The number of morpholine rings is 1. The fraction of sp³-hybridized carbons (Fsp3) is 0.333. The molecule has 0 atom stereocenters. The van der Waals surface area contributed by atoms with Gasteiger partial charge in [0.05, 0.1) is 25.9 Å². The van der Waals surface area contributed by atoms with Crippen LogP contribution in [0.3, 0.4) is 0 Å². The molecule has 1 saturated heterocycles.